The van der Waals surface area contributed by atoms with E-state index in [0.717, 1.165) is 0 Å². The van der Waals surface area contributed by atoms with Gasteiger partial charge in [-0.1, -0.05) is 12.1 Å². The summed E-state index contributed by atoms with van der Waals surface area (Å²) in [5.74, 6) is -1.39. The van der Waals surface area contributed by atoms with Gasteiger partial charge in [-0.3, -0.25) is 0 Å². The Kier molecular flexibility index (Phi) is 5.60. The smallest absolute Gasteiger partial charge is 0.345 e. The molecule has 1 rings (SSSR count). The van der Waals surface area contributed by atoms with Crippen molar-refractivity contribution < 1.29 is 19.1 Å². The summed E-state index contributed by atoms with van der Waals surface area (Å²) in [6.45, 7) is 3.72. The summed E-state index contributed by atoms with van der Waals surface area (Å²) in [7, 11) is 0. The van der Waals surface area contributed by atoms with Gasteiger partial charge in [0.1, 0.15) is 5.57 Å². The van der Waals surface area contributed by atoms with Crippen LogP contribution in [0.5, 0.6) is 0 Å². The Bertz CT molecular complexity index is 457. The van der Waals surface area contributed by atoms with Gasteiger partial charge in [0.25, 0.3) is 0 Å². The van der Waals surface area contributed by atoms with Crippen LogP contribution in [0.3, 0.4) is 0 Å². The van der Waals surface area contributed by atoms with E-state index < -0.39 is 11.9 Å². The molecule has 0 amide bonds. The maximum atomic E-state index is 11.7. The standard InChI is InChI=1S/C14H17NO4/c1-3-18-13(16)12(14(17)19-4-2)9-10-5-7-11(15)8-6-10/h5-9H,3-4,15H2,1-2H3. The summed E-state index contributed by atoms with van der Waals surface area (Å²) in [6, 6.07) is 6.76. The Morgan fingerprint density at radius 3 is 1.95 bits per heavy atom. The molecule has 0 aliphatic heterocycles. The summed E-state index contributed by atoms with van der Waals surface area (Å²) >= 11 is 0. The highest BCUT2D eigenvalue weighted by Crippen LogP contribution is 2.12. The lowest BCUT2D eigenvalue weighted by Gasteiger charge is -2.06. The van der Waals surface area contributed by atoms with Gasteiger partial charge in [-0.2, -0.15) is 0 Å². The lowest BCUT2D eigenvalue weighted by Crippen LogP contribution is -2.18. The predicted molar refractivity (Wildman–Crippen MR) is 72.1 cm³/mol. The van der Waals surface area contributed by atoms with Crippen molar-refractivity contribution in [2.75, 3.05) is 18.9 Å². The maximum Gasteiger partial charge on any atom is 0.345 e. The number of rotatable bonds is 5. The average molecular weight is 263 g/mol. The van der Waals surface area contributed by atoms with Crippen LogP contribution in [-0.2, 0) is 19.1 Å². The number of nitrogens with two attached hydrogens (primary N) is 1. The van der Waals surface area contributed by atoms with Crippen molar-refractivity contribution >= 4 is 23.7 Å². The van der Waals surface area contributed by atoms with Gasteiger partial charge >= 0.3 is 11.9 Å². The molecule has 0 saturated heterocycles. The highest BCUT2D eigenvalue weighted by molar-refractivity contribution is 6.17. The number of hydrogen-bond acceptors (Lipinski definition) is 5. The highest BCUT2D eigenvalue weighted by atomic mass is 16.6. The van der Waals surface area contributed by atoms with E-state index in [0.29, 0.717) is 11.3 Å². The van der Waals surface area contributed by atoms with Gasteiger partial charge in [0.15, 0.2) is 0 Å². The molecule has 2 N–H and O–H groups in total. The van der Waals surface area contributed by atoms with E-state index in [1.807, 2.05) is 0 Å². The molecule has 19 heavy (non-hydrogen) atoms. The molecule has 0 saturated carbocycles. The third kappa shape index (κ3) is 4.46. The molecule has 1 aromatic carbocycles. The van der Waals surface area contributed by atoms with E-state index in [9.17, 15) is 9.59 Å². The molecular weight excluding hydrogens is 246 g/mol. The summed E-state index contributed by atoms with van der Waals surface area (Å²) < 4.78 is 9.67. The van der Waals surface area contributed by atoms with Gasteiger partial charge in [-0.15, -0.1) is 0 Å². The topological polar surface area (TPSA) is 78.6 Å². The van der Waals surface area contributed by atoms with E-state index in [1.165, 1.54) is 6.08 Å². The van der Waals surface area contributed by atoms with Crippen molar-refractivity contribution in [3.8, 4) is 0 Å². The molecule has 0 radical (unpaired) electrons. The minimum absolute atomic E-state index is 0.131. The number of nitrogen functional groups attached to an aromatic ring is 1. The second-order valence-corrected chi connectivity index (χ2v) is 3.67. The molecule has 0 bridgehead atoms. The number of anilines is 1. The zero-order chi connectivity index (χ0) is 14.3. The Labute approximate surface area is 112 Å². The second-order valence-electron chi connectivity index (χ2n) is 3.67. The molecule has 5 nitrogen and oxygen atoms in total. The van der Waals surface area contributed by atoms with Crippen molar-refractivity contribution in [2.24, 2.45) is 0 Å². The molecular formula is C14H17NO4. The molecule has 0 unspecified atom stereocenters. The fourth-order valence-corrected chi connectivity index (χ4v) is 1.38. The third-order valence-corrected chi connectivity index (χ3v) is 2.24. The first-order chi connectivity index (χ1) is 9.08. The molecule has 102 valence electrons. The SMILES string of the molecule is CCOC(=O)C(=Cc1ccc(N)cc1)C(=O)OCC. The lowest BCUT2D eigenvalue weighted by atomic mass is 10.1. The van der Waals surface area contributed by atoms with E-state index in [-0.39, 0.29) is 18.8 Å². The first-order valence-electron chi connectivity index (χ1n) is 6.00. The van der Waals surface area contributed by atoms with Crippen LogP contribution < -0.4 is 5.73 Å². The van der Waals surface area contributed by atoms with Crippen LogP contribution in [0.15, 0.2) is 29.8 Å². The normalized spacial score (nSPS) is 9.58. The molecule has 1 aromatic rings. The lowest BCUT2D eigenvalue weighted by molar-refractivity contribution is -0.146. The Balaban J connectivity index is 3.04. The van der Waals surface area contributed by atoms with Crippen molar-refractivity contribution in [3.63, 3.8) is 0 Å². The van der Waals surface area contributed by atoms with Crippen LogP contribution in [0, 0.1) is 0 Å². The molecule has 0 spiro atoms. The second kappa shape index (κ2) is 7.20. The molecule has 0 heterocycles. The average Bonchev–Trinajstić information content (AvgIpc) is 2.38. The summed E-state index contributed by atoms with van der Waals surface area (Å²) in [5.41, 5.74) is 6.71. The monoisotopic (exact) mass is 263 g/mol. The van der Waals surface area contributed by atoms with Crippen molar-refractivity contribution in [1.29, 1.82) is 0 Å². The third-order valence-electron chi connectivity index (χ3n) is 2.24. The Hall–Kier alpha value is -2.30. The molecule has 0 aliphatic carbocycles. The molecule has 0 aliphatic rings. The number of hydrogen-bond donors (Lipinski definition) is 1. The zero-order valence-electron chi connectivity index (χ0n) is 11.0. The summed E-state index contributed by atoms with van der Waals surface area (Å²) in [5, 5.41) is 0. The highest BCUT2D eigenvalue weighted by Gasteiger charge is 2.20. The molecule has 0 aromatic heterocycles. The van der Waals surface area contributed by atoms with Crippen LogP contribution in [0.1, 0.15) is 19.4 Å². The summed E-state index contributed by atoms with van der Waals surface area (Å²) in [6.07, 6.45) is 1.43. The van der Waals surface area contributed by atoms with Crippen LogP contribution >= 0.6 is 0 Å². The van der Waals surface area contributed by atoms with E-state index in [2.05, 4.69) is 0 Å². The number of carbonyl (C=O) groups excluding carboxylic acids is 2. The Morgan fingerprint density at radius 1 is 1.05 bits per heavy atom. The summed E-state index contributed by atoms with van der Waals surface area (Å²) in [4.78, 5) is 23.4. The number of carbonyl (C=O) groups is 2. The van der Waals surface area contributed by atoms with Crippen molar-refractivity contribution in [1.82, 2.24) is 0 Å². The first-order valence-corrected chi connectivity index (χ1v) is 6.00. The van der Waals surface area contributed by atoms with E-state index in [1.54, 1.807) is 38.1 Å². The van der Waals surface area contributed by atoms with Crippen LogP contribution in [0.4, 0.5) is 5.69 Å². The van der Waals surface area contributed by atoms with Crippen molar-refractivity contribution in [3.05, 3.63) is 35.4 Å². The van der Waals surface area contributed by atoms with Gasteiger partial charge in [0.2, 0.25) is 0 Å². The minimum Gasteiger partial charge on any atom is -0.462 e. The number of esters is 2. The maximum absolute atomic E-state index is 11.7. The minimum atomic E-state index is -0.697. The van der Waals surface area contributed by atoms with Crippen molar-refractivity contribution in [2.45, 2.75) is 13.8 Å². The van der Waals surface area contributed by atoms with Crippen LogP contribution in [0.25, 0.3) is 6.08 Å². The van der Waals surface area contributed by atoms with Gasteiger partial charge in [-0.25, -0.2) is 9.59 Å². The predicted octanol–water partition coefficient (Wildman–Crippen LogP) is 1.78. The fraction of sp³-hybridized carbons (Fsp3) is 0.286. The van der Waals surface area contributed by atoms with Gasteiger partial charge in [-0.05, 0) is 37.6 Å². The quantitative estimate of drug-likeness (QED) is 0.288. The Morgan fingerprint density at radius 2 is 1.53 bits per heavy atom. The molecule has 5 heteroatoms. The largest absolute Gasteiger partial charge is 0.462 e. The van der Waals surface area contributed by atoms with E-state index in [4.69, 9.17) is 15.2 Å². The fourth-order valence-electron chi connectivity index (χ4n) is 1.38. The number of ether oxygens (including phenoxy) is 2. The molecule has 0 atom stereocenters. The van der Waals surface area contributed by atoms with Crippen LogP contribution in [0.2, 0.25) is 0 Å². The molecule has 0 fully saturated rings. The van der Waals surface area contributed by atoms with Gasteiger partial charge < -0.3 is 15.2 Å². The zero-order valence-corrected chi connectivity index (χ0v) is 11.0. The number of benzene rings is 1. The van der Waals surface area contributed by atoms with E-state index >= 15 is 0 Å². The van der Waals surface area contributed by atoms with Gasteiger partial charge in [0.05, 0.1) is 13.2 Å². The van der Waals surface area contributed by atoms with Gasteiger partial charge in [0, 0.05) is 5.69 Å². The first kappa shape index (κ1) is 14.8. The van der Waals surface area contributed by atoms with Crippen LogP contribution in [-0.4, -0.2) is 25.2 Å².